The molecule has 1 saturated carbocycles. The van der Waals surface area contributed by atoms with Gasteiger partial charge in [-0.3, -0.25) is 4.79 Å². The number of nitrogens with zero attached hydrogens (tertiary/aromatic N) is 1. The van der Waals surface area contributed by atoms with E-state index < -0.39 is 11.7 Å². The fourth-order valence-electron chi connectivity index (χ4n) is 2.39. The summed E-state index contributed by atoms with van der Waals surface area (Å²) in [7, 11) is 1.33. The standard InChI is InChI=1S/C13H15F3N2O2/c1-20-12(19)8-2-3-10(6-8)18-11-7-9(4-5-17-11)13(14,15)16/h4-5,7-8,10H,2-3,6H2,1H3,(H,17,18)/t8-,10+/m0/s1. The summed E-state index contributed by atoms with van der Waals surface area (Å²) >= 11 is 0. The van der Waals surface area contributed by atoms with Crippen LogP contribution in [-0.2, 0) is 15.7 Å². The van der Waals surface area contributed by atoms with Gasteiger partial charge in [0.05, 0.1) is 18.6 Å². The van der Waals surface area contributed by atoms with E-state index in [0.717, 1.165) is 18.3 Å². The molecule has 1 aromatic heterocycles. The summed E-state index contributed by atoms with van der Waals surface area (Å²) in [5, 5.41) is 2.94. The summed E-state index contributed by atoms with van der Waals surface area (Å²) in [5.41, 5.74) is -0.738. The number of aromatic nitrogens is 1. The van der Waals surface area contributed by atoms with Crippen molar-refractivity contribution in [2.24, 2.45) is 5.92 Å². The highest BCUT2D eigenvalue weighted by Crippen LogP contribution is 2.32. The highest BCUT2D eigenvalue weighted by molar-refractivity contribution is 5.72. The monoisotopic (exact) mass is 288 g/mol. The molecular formula is C13H15F3N2O2. The predicted molar refractivity (Wildman–Crippen MR) is 66.0 cm³/mol. The van der Waals surface area contributed by atoms with E-state index in [1.807, 2.05) is 0 Å². The second-order valence-corrected chi connectivity index (χ2v) is 4.80. The minimum atomic E-state index is -4.39. The summed E-state index contributed by atoms with van der Waals surface area (Å²) in [6.07, 6.45) is -1.34. The summed E-state index contributed by atoms with van der Waals surface area (Å²) in [5.74, 6) is -0.287. The fraction of sp³-hybridized carbons (Fsp3) is 0.538. The third-order valence-electron chi connectivity index (χ3n) is 3.41. The number of carbonyl (C=O) groups excluding carboxylic acids is 1. The van der Waals surface area contributed by atoms with E-state index >= 15 is 0 Å². The molecule has 1 aromatic rings. The van der Waals surface area contributed by atoms with Crippen molar-refractivity contribution in [2.75, 3.05) is 12.4 Å². The molecule has 1 fully saturated rings. The van der Waals surface area contributed by atoms with E-state index in [1.165, 1.54) is 7.11 Å². The molecule has 0 radical (unpaired) electrons. The van der Waals surface area contributed by atoms with Gasteiger partial charge < -0.3 is 10.1 Å². The summed E-state index contributed by atoms with van der Waals surface area (Å²) in [4.78, 5) is 15.3. The van der Waals surface area contributed by atoms with Gasteiger partial charge in [0.2, 0.25) is 0 Å². The van der Waals surface area contributed by atoms with Gasteiger partial charge in [-0.15, -0.1) is 0 Å². The van der Waals surface area contributed by atoms with Gasteiger partial charge in [0.15, 0.2) is 0 Å². The molecule has 7 heteroatoms. The van der Waals surface area contributed by atoms with Crippen LogP contribution in [0.1, 0.15) is 24.8 Å². The van der Waals surface area contributed by atoms with Crippen LogP contribution >= 0.6 is 0 Å². The van der Waals surface area contributed by atoms with Crippen molar-refractivity contribution in [3.8, 4) is 0 Å². The lowest BCUT2D eigenvalue weighted by Crippen LogP contribution is -2.19. The largest absolute Gasteiger partial charge is 0.469 e. The van der Waals surface area contributed by atoms with Crippen LogP contribution in [0, 0.1) is 5.92 Å². The number of pyridine rings is 1. The number of alkyl halides is 3. The van der Waals surface area contributed by atoms with Crippen LogP contribution in [0.2, 0.25) is 0 Å². The smallest absolute Gasteiger partial charge is 0.416 e. The molecule has 2 rings (SSSR count). The maximum Gasteiger partial charge on any atom is 0.416 e. The van der Waals surface area contributed by atoms with E-state index in [2.05, 4.69) is 15.0 Å². The number of esters is 1. The van der Waals surface area contributed by atoms with Gasteiger partial charge in [0.25, 0.3) is 0 Å². The first-order valence-electron chi connectivity index (χ1n) is 6.27. The van der Waals surface area contributed by atoms with Crippen molar-refractivity contribution < 1.29 is 22.7 Å². The minimum Gasteiger partial charge on any atom is -0.469 e. The van der Waals surface area contributed by atoms with Gasteiger partial charge in [-0.25, -0.2) is 4.98 Å². The summed E-state index contributed by atoms with van der Waals surface area (Å²) < 4.78 is 42.4. The average molecular weight is 288 g/mol. The normalized spacial score (nSPS) is 22.6. The molecule has 1 aliphatic rings. The predicted octanol–water partition coefficient (Wildman–Crippen LogP) is 2.85. The fourth-order valence-corrected chi connectivity index (χ4v) is 2.39. The topological polar surface area (TPSA) is 51.2 Å². The number of hydrogen-bond donors (Lipinski definition) is 1. The van der Waals surface area contributed by atoms with Gasteiger partial charge in [0, 0.05) is 12.2 Å². The van der Waals surface area contributed by atoms with Crippen molar-refractivity contribution in [3.63, 3.8) is 0 Å². The summed E-state index contributed by atoms with van der Waals surface area (Å²) in [6.45, 7) is 0. The molecule has 4 nitrogen and oxygen atoms in total. The van der Waals surface area contributed by atoms with Gasteiger partial charge in [-0.05, 0) is 31.4 Å². The zero-order valence-electron chi connectivity index (χ0n) is 10.9. The number of hydrogen-bond acceptors (Lipinski definition) is 4. The van der Waals surface area contributed by atoms with E-state index in [4.69, 9.17) is 0 Å². The Morgan fingerprint density at radius 3 is 2.85 bits per heavy atom. The molecule has 0 amide bonds. The molecule has 1 N–H and O–H groups in total. The number of rotatable bonds is 3. The second-order valence-electron chi connectivity index (χ2n) is 4.80. The quantitative estimate of drug-likeness (QED) is 0.869. The lowest BCUT2D eigenvalue weighted by Gasteiger charge is -2.14. The van der Waals surface area contributed by atoms with E-state index in [-0.39, 0.29) is 23.7 Å². The average Bonchev–Trinajstić information content (AvgIpc) is 2.85. The number of halogens is 3. The van der Waals surface area contributed by atoms with Crippen LogP contribution in [0.3, 0.4) is 0 Å². The number of anilines is 1. The highest BCUT2D eigenvalue weighted by Gasteiger charge is 2.32. The zero-order valence-corrected chi connectivity index (χ0v) is 10.9. The number of carbonyl (C=O) groups is 1. The molecule has 0 aromatic carbocycles. The Bertz CT molecular complexity index is 491. The first kappa shape index (κ1) is 14.6. The van der Waals surface area contributed by atoms with E-state index in [9.17, 15) is 18.0 Å². The minimum absolute atomic E-state index is 0.0601. The van der Waals surface area contributed by atoms with Crippen LogP contribution < -0.4 is 5.32 Å². The Balaban J connectivity index is 2.00. The Morgan fingerprint density at radius 1 is 1.45 bits per heavy atom. The van der Waals surface area contributed by atoms with Gasteiger partial charge in [-0.2, -0.15) is 13.2 Å². The highest BCUT2D eigenvalue weighted by atomic mass is 19.4. The van der Waals surface area contributed by atoms with Crippen molar-refractivity contribution in [3.05, 3.63) is 23.9 Å². The number of methoxy groups -OCH3 is 1. The van der Waals surface area contributed by atoms with Crippen LogP contribution in [-0.4, -0.2) is 24.1 Å². The maximum atomic E-state index is 12.6. The zero-order chi connectivity index (χ0) is 14.8. The third kappa shape index (κ3) is 3.40. The molecule has 1 heterocycles. The number of ether oxygens (including phenoxy) is 1. The lowest BCUT2D eigenvalue weighted by atomic mass is 10.1. The lowest BCUT2D eigenvalue weighted by molar-refractivity contribution is -0.145. The first-order valence-corrected chi connectivity index (χ1v) is 6.27. The van der Waals surface area contributed by atoms with Crippen molar-refractivity contribution in [1.82, 2.24) is 4.98 Å². The van der Waals surface area contributed by atoms with Crippen LogP contribution in [0.5, 0.6) is 0 Å². The van der Waals surface area contributed by atoms with Crippen LogP contribution in [0.25, 0.3) is 0 Å². The Hall–Kier alpha value is -1.79. The molecule has 0 spiro atoms. The SMILES string of the molecule is COC(=O)[C@H]1CC[C@@H](Nc2cc(C(F)(F)F)ccn2)C1. The van der Waals surface area contributed by atoms with Crippen LogP contribution in [0.4, 0.5) is 19.0 Å². The molecule has 0 bridgehead atoms. The maximum absolute atomic E-state index is 12.6. The van der Waals surface area contributed by atoms with Crippen molar-refractivity contribution >= 4 is 11.8 Å². The van der Waals surface area contributed by atoms with Crippen molar-refractivity contribution in [1.29, 1.82) is 0 Å². The Labute approximate surface area is 114 Å². The van der Waals surface area contributed by atoms with Crippen LogP contribution in [0.15, 0.2) is 18.3 Å². The van der Waals surface area contributed by atoms with Gasteiger partial charge >= 0.3 is 12.1 Å². The molecule has 20 heavy (non-hydrogen) atoms. The Kier molecular flexibility index (Phi) is 4.15. The molecule has 110 valence electrons. The van der Waals surface area contributed by atoms with E-state index in [0.29, 0.717) is 19.3 Å². The van der Waals surface area contributed by atoms with Gasteiger partial charge in [-0.1, -0.05) is 0 Å². The molecular weight excluding hydrogens is 273 g/mol. The number of nitrogens with one attached hydrogen (secondary N) is 1. The second kappa shape index (κ2) is 5.68. The van der Waals surface area contributed by atoms with E-state index in [1.54, 1.807) is 0 Å². The molecule has 0 aliphatic heterocycles. The molecule has 0 saturated heterocycles. The molecule has 2 atom stereocenters. The molecule has 0 unspecified atom stereocenters. The van der Waals surface area contributed by atoms with Gasteiger partial charge in [0.1, 0.15) is 5.82 Å². The molecule has 1 aliphatic carbocycles. The summed E-state index contributed by atoms with van der Waals surface area (Å²) in [6, 6.07) is 1.85. The third-order valence-corrected chi connectivity index (χ3v) is 3.41. The van der Waals surface area contributed by atoms with Crippen molar-refractivity contribution in [2.45, 2.75) is 31.5 Å². The first-order chi connectivity index (χ1) is 9.40. The Morgan fingerprint density at radius 2 is 2.20 bits per heavy atom.